The van der Waals surface area contributed by atoms with Crippen molar-refractivity contribution in [2.75, 3.05) is 19.3 Å². The van der Waals surface area contributed by atoms with E-state index in [4.69, 9.17) is 11.6 Å². The molecule has 0 atom stereocenters. The van der Waals surface area contributed by atoms with Gasteiger partial charge in [-0.2, -0.15) is 0 Å². The molecule has 1 saturated heterocycles. The van der Waals surface area contributed by atoms with Crippen molar-refractivity contribution in [3.05, 3.63) is 34.6 Å². The Bertz CT molecular complexity index is 572. The van der Waals surface area contributed by atoms with Gasteiger partial charge in [-0.15, -0.1) is 0 Å². The van der Waals surface area contributed by atoms with E-state index in [1.165, 1.54) is 16.6 Å². The van der Waals surface area contributed by atoms with E-state index < -0.39 is 15.8 Å². The number of benzene rings is 1. The predicted molar refractivity (Wildman–Crippen MR) is 77.7 cm³/mol. The first-order chi connectivity index (χ1) is 9.38. The summed E-state index contributed by atoms with van der Waals surface area (Å²) in [5.74, 6) is -0.419. The van der Waals surface area contributed by atoms with Crippen molar-refractivity contribution in [1.82, 2.24) is 9.62 Å². The van der Waals surface area contributed by atoms with Crippen LogP contribution in [0, 0.1) is 5.82 Å². The highest BCUT2D eigenvalue weighted by Gasteiger charge is 2.24. The minimum Gasteiger partial charge on any atom is -0.310 e. The molecule has 0 amide bonds. The predicted octanol–water partition coefficient (Wildman–Crippen LogP) is 1.99. The summed E-state index contributed by atoms with van der Waals surface area (Å²) in [5, 5.41) is 3.45. The van der Waals surface area contributed by atoms with Crippen molar-refractivity contribution in [3.8, 4) is 0 Å². The Hall–Kier alpha value is -0.690. The minimum atomic E-state index is -3.09. The maximum Gasteiger partial charge on any atom is 0.211 e. The zero-order valence-electron chi connectivity index (χ0n) is 11.3. The van der Waals surface area contributed by atoms with Gasteiger partial charge in [-0.3, -0.25) is 0 Å². The average molecular weight is 321 g/mol. The number of nitrogens with one attached hydrogen (secondary N) is 1. The van der Waals surface area contributed by atoms with Crippen LogP contribution in [0.15, 0.2) is 18.2 Å². The average Bonchev–Trinajstić information content (AvgIpc) is 2.40. The summed E-state index contributed by atoms with van der Waals surface area (Å²) in [6, 6.07) is 4.97. The Labute approximate surface area is 124 Å². The van der Waals surface area contributed by atoms with Gasteiger partial charge in [0, 0.05) is 25.7 Å². The Morgan fingerprint density at radius 3 is 2.65 bits per heavy atom. The van der Waals surface area contributed by atoms with Crippen molar-refractivity contribution in [1.29, 1.82) is 0 Å². The van der Waals surface area contributed by atoms with Gasteiger partial charge in [0.05, 0.1) is 11.3 Å². The number of hydrogen-bond acceptors (Lipinski definition) is 3. The van der Waals surface area contributed by atoms with Crippen LogP contribution in [0.1, 0.15) is 18.4 Å². The topological polar surface area (TPSA) is 49.4 Å². The van der Waals surface area contributed by atoms with Gasteiger partial charge in [0.2, 0.25) is 10.0 Å². The molecule has 112 valence electrons. The van der Waals surface area contributed by atoms with Crippen LogP contribution in [0.4, 0.5) is 4.39 Å². The smallest absolute Gasteiger partial charge is 0.211 e. The third-order valence-electron chi connectivity index (χ3n) is 3.54. The quantitative estimate of drug-likeness (QED) is 0.923. The molecule has 1 fully saturated rings. The molecule has 1 heterocycles. The first-order valence-corrected chi connectivity index (χ1v) is 8.72. The summed E-state index contributed by atoms with van der Waals surface area (Å²) in [5.41, 5.74) is 0.720. The molecule has 2 rings (SSSR count). The molecule has 1 aromatic carbocycles. The molecule has 7 heteroatoms. The zero-order chi connectivity index (χ0) is 14.8. The van der Waals surface area contributed by atoms with Gasteiger partial charge in [-0.05, 0) is 24.5 Å². The molecule has 4 nitrogen and oxygen atoms in total. The fourth-order valence-corrected chi connectivity index (χ4v) is 3.40. The minimum absolute atomic E-state index is 0.147. The van der Waals surface area contributed by atoms with Gasteiger partial charge in [0.25, 0.3) is 0 Å². The van der Waals surface area contributed by atoms with Crippen molar-refractivity contribution < 1.29 is 12.8 Å². The highest BCUT2D eigenvalue weighted by molar-refractivity contribution is 7.88. The van der Waals surface area contributed by atoms with E-state index in [1.807, 2.05) is 0 Å². The molecule has 0 aliphatic carbocycles. The number of hydrogen-bond donors (Lipinski definition) is 1. The van der Waals surface area contributed by atoms with E-state index in [1.54, 1.807) is 12.1 Å². The largest absolute Gasteiger partial charge is 0.310 e. The van der Waals surface area contributed by atoms with E-state index >= 15 is 0 Å². The lowest BCUT2D eigenvalue weighted by molar-refractivity contribution is 0.290. The van der Waals surface area contributed by atoms with Gasteiger partial charge < -0.3 is 5.32 Å². The molecule has 0 spiro atoms. The number of rotatable bonds is 4. The lowest BCUT2D eigenvalue weighted by atomic mass is 10.1. The van der Waals surface area contributed by atoms with Gasteiger partial charge in [-0.25, -0.2) is 17.1 Å². The Morgan fingerprint density at radius 2 is 2.05 bits per heavy atom. The van der Waals surface area contributed by atoms with Crippen LogP contribution in [0.3, 0.4) is 0 Å². The van der Waals surface area contributed by atoms with E-state index in [2.05, 4.69) is 5.32 Å². The fraction of sp³-hybridized carbons (Fsp3) is 0.538. The summed E-state index contributed by atoms with van der Waals surface area (Å²) in [7, 11) is -3.09. The first-order valence-electron chi connectivity index (χ1n) is 6.49. The van der Waals surface area contributed by atoms with E-state index in [0.717, 1.165) is 18.4 Å². The standard InChI is InChI=1S/C13H18ClFN2O2S/c1-20(18,19)17-7-5-11(6-8-17)16-9-10-3-2-4-12(15)13(10)14/h2-4,11,16H,5-9H2,1H3. The molecule has 1 aliphatic rings. The lowest BCUT2D eigenvalue weighted by Gasteiger charge is -2.30. The molecule has 1 aromatic rings. The van der Waals surface area contributed by atoms with E-state index in [-0.39, 0.29) is 11.1 Å². The molecule has 0 aromatic heterocycles. The molecule has 0 radical (unpaired) electrons. The first kappa shape index (κ1) is 15.7. The van der Waals surface area contributed by atoms with Gasteiger partial charge in [-0.1, -0.05) is 23.7 Å². The summed E-state index contributed by atoms with van der Waals surface area (Å²) in [4.78, 5) is 0. The third-order valence-corrected chi connectivity index (χ3v) is 5.26. The van der Waals surface area contributed by atoms with E-state index in [0.29, 0.717) is 19.6 Å². The summed E-state index contributed by atoms with van der Waals surface area (Å²) in [6.45, 7) is 1.53. The molecule has 0 bridgehead atoms. The Kier molecular flexibility index (Phi) is 5.01. The maximum atomic E-state index is 13.3. The van der Waals surface area contributed by atoms with E-state index in [9.17, 15) is 12.8 Å². The number of piperidine rings is 1. The summed E-state index contributed by atoms with van der Waals surface area (Å²) < 4.78 is 37.6. The van der Waals surface area contributed by atoms with Crippen LogP contribution in [0.2, 0.25) is 5.02 Å². The van der Waals surface area contributed by atoms with Crippen molar-refractivity contribution in [2.45, 2.75) is 25.4 Å². The van der Waals surface area contributed by atoms with Gasteiger partial charge >= 0.3 is 0 Å². The summed E-state index contributed by atoms with van der Waals surface area (Å²) >= 11 is 5.89. The van der Waals surface area contributed by atoms with Gasteiger partial charge in [0.15, 0.2) is 0 Å². The molecule has 1 N–H and O–H groups in total. The molecule has 0 saturated carbocycles. The Balaban J connectivity index is 1.86. The second-order valence-corrected chi connectivity index (χ2v) is 7.39. The monoisotopic (exact) mass is 320 g/mol. The van der Waals surface area contributed by atoms with Gasteiger partial charge in [0.1, 0.15) is 5.82 Å². The van der Waals surface area contributed by atoms with Crippen LogP contribution in [-0.4, -0.2) is 38.1 Å². The van der Waals surface area contributed by atoms with Crippen molar-refractivity contribution >= 4 is 21.6 Å². The summed E-state index contributed by atoms with van der Waals surface area (Å²) in [6.07, 6.45) is 2.73. The Morgan fingerprint density at radius 1 is 1.40 bits per heavy atom. The third kappa shape index (κ3) is 3.91. The number of halogens is 2. The SMILES string of the molecule is CS(=O)(=O)N1CCC(NCc2cccc(F)c2Cl)CC1. The van der Waals surface area contributed by atoms with Crippen LogP contribution < -0.4 is 5.32 Å². The fourth-order valence-electron chi connectivity index (χ4n) is 2.33. The number of sulfonamides is 1. The van der Waals surface area contributed by atoms with Crippen LogP contribution in [0.25, 0.3) is 0 Å². The molecule has 20 heavy (non-hydrogen) atoms. The highest BCUT2D eigenvalue weighted by Crippen LogP contribution is 2.20. The zero-order valence-corrected chi connectivity index (χ0v) is 12.8. The van der Waals surface area contributed by atoms with Crippen LogP contribution >= 0.6 is 11.6 Å². The highest BCUT2D eigenvalue weighted by atomic mass is 35.5. The molecule has 0 unspecified atom stereocenters. The second-order valence-electron chi connectivity index (χ2n) is 5.03. The van der Waals surface area contributed by atoms with Crippen molar-refractivity contribution in [2.24, 2.45) is 0 Å². The second kappa shape index (κ2) is 6.39. The lowest BCUT2D eigenvalue weighted by Crippen LogP contribution is -2.44. The number of nitrogens with zero attached hydrogens (tertiary/aromatic N) is 1. The molecular weight excluding hydrogens is 303 g/mol. The maximum absolute atomic E-state index is 13.3. The molecule has 1 aliphatic heterocycles. The van der Waals surface area contributed by atoms with Crippen molar-refractivity contribution in [3.63, 3.8) is 0 Å². The molecular formula is C13H18ClFN2O2S. The van der Waals surface area contributed by atoms with Crippen LogP contribution in [-0.2, 0) is 16.6 Å². The van der Waals surface area contributed by atoms with Crippen LogP contribution in [0.5, 0.6) is 0 Å². The normalized spacial score (nSPS) is 18.4.